The van der Waals surface area contributed by atoms with Crippen LogP contribution in [-0.2, 0) is 12.8 Å². The molecule has 5 nitrogen and oxygen atoms in total. The zero-order chi connectivity index (χ0) is 19.0. The second-order valence-electron chi connectivity index (χ2n) is 6.89. The van der Waals surface area contributed by atoms with Crippen LogP contribution in [0.1, 0.15) is 28.2 Å². The largest absolute Gasteiger partial charge is 0.378 e. The average molecular weight is 364 g/mol. The van der Waals surface area contributed by atoms with Gasteiger partial charge in [-0.25, -0.2) is 9.07 Å². The van der Waals surface area contributed by atoms with E-state index in [2.05, 4.69) is 10.4 Å². The van der Waals surface area contributed by atoms with Crippen LogP contribution >= 0.6 is 0 Å². The highest BCUT2D eigenvalue weighted by molar-refractivity contribution is 6.04. The molecule has 1 aliphatic carbocycles. The van der Waals surface area contributed by atoms with Crippen molar-refractivity contribution in [2.75, 3.05) is 24.3 Å². The van der Waals surface area contributed by atoms with Crippen LogP contribution in [0.2, 0.25) is 0 Å². The molecule has 3 aromatic rings. The van der Waals surface area contributed by atoms with Crippen molar-refractivity contribution in [3.63, 3.8) is 0 Å². The number of fused-ring (bicyclic) bond motifs is 1. The number of carbonyl (C=O) groups is 1. The molecule has 27 heavy (non-hydrogen) atoms. The molecule has 1 aromatic heterocycles. The quantitative estimate of drug-likeness (QED) is 0.766. The standard InChI is InChI=1S/C21H21FN4O/c1-25(2)15-12-10-14(11-13-15)23-21(27)20-16-6-5-9-18(16)26(24-20)19-8-4-3-7-17(19)22/h3-4,7-8,10-13H,5-6,9H2,1-2H3,(H,23,27). The normalized spacial score (nSPS) is 12.7. The van der Waals surface area contributed by atoms with Crippen LogP contribution in [0.4, 0.5) is 15.8 Å². The fourth-order valence-electron chi connectivity index (χ4n) is 3.48. The minimum absolute atomic E-state index is 0.263. The number of nitrogens with one attached hydrogen (secondary N) is 1. The summed E-state index contributed by atoms with van der Waals surface area (Å²) in [4.78, 5) is 14.8. The number of amides is 1. The van der Waals surface area contributed by atoms with Crippen LogP contribution in [0, 0.1) is 5.82 Å². The van der Waals surface area contributed by atoms with Gasteiger partial charge in [0.15, 0.2) is 5.69 Å². The summed E-state index contributed by atoms with van der Waals surface area (Å²) >= 11 is 0. The van der Waals surface area contributed by atoms with E-state index in [1.54, 1.807) is 22.9 Å². The first-order chi connectivity index (χ1) is 13.0. The molecule has 1 heterocycles. The second kappa shape index (κ2) is 6.87. The van der Waals surface area contributed by atoms with E-state index in [-0.39, 0.29) is 11.7 Å². The maximum absolute atomic E-state index is 14.2. The molecule has 2 aromatic carbocycles. The lowest BCUT2D eigenvalue weighted by Gasteiger charge is -2.13. The number of hydrogen-bond acceptors (Lipinski definition) is 3. The van der Waals surface area contributed by atoms with Crippen LogP contribution in [0.3, 0.4) is 0 Å². The summed E-state index contributed by atoms with van der Waals surface area (Å²) in [5.74, 6) is -0.609. The van der Waals surface area contributed by atoms with Gasteiger partial charge in [0.2, 0.25) is 0 Å². The predicted molar refractivity (Wildman–Crippen MR) is 104 cm³/mol. The highest BCUT2D eigenvalue weighted by Gasteiger charge is 2.27. The smallest absolute Gasteiger partial charge is 0.276 e. The van der Waals surface area contributed by atoms with E-state index in [1.807, 2.05) is 43.3 Å². The molecule has 1 amide bonds. The number of halogens is 1. The first-order valence-corrected chi connectivity index (χ1v) is 8.99. The number of aromatic nitrogens is 2. The van der Waals surface area contributed by atoms with E-state index in [0.717, 1.165) is 36.2 Å². The molecule has 6 heteroatoms. The third-order valence-corrected chi connectivity index (χ3v) is 4.87. The Balaban J connectivity index is 1.65. The minimum atomic E-state index is -0.346. The van der Waals surface area contributed by atoms with Gasteiger partial charge >= 0.3 is 0 Å². The maximum atomic E-state index is 14.2. The van der Waals surface area contributed by atoms with Crippen LogP contribution in [0.25, 0.3) is 5.69 Å². The van der Waals surface area contributed by atoms with Gasteiger partial charge in [-0.3, -0.25) is 4.79 Å². The maximum Gasteiger partial charge on any atom is 0.276 e. The zero-order valence-electron chi connectivity index (χ0n) is 15.4. The molecule has 1 N–H and O–H groups in total. The second-order valence-corrected chi connectivity index (χ2v) is 6.89. The molecule has 0 saturated carbocycles. The van der Waals surface area contributed by atoms with Crippen LogP contribution in [-0.4, -0.2) is 29.8 Å². The number of para-hydroxylation sites is 1. The molecule has 0 saturated heterocycles. The van der Waals surface area contributed by atoms with E-state index in [4.69, 9.17) is 0 Å². The van der Waals surface area contributed by atoms with Crippen molar-refractivity contribution in [1.82, 2.24) is 9.78 Å². The van der Waals surface area contributed by atoms with Gasteiger partial charge < -0.3 is 10.2 Å². The molecule has 0 unspecified atom stereocenters. The zero-order valence-corrected chi connectivity index (χ0v) is 15.4. The Morgan fingerprint density at radius 2 is 1.85 bits per heavy atom. The summed E-state index contributed by atoms with van der Waals surface area (Å²) in [7, 11) is 3.93. The average Bonchev–Trinajstić information content (AvgIpc) is 3.25. The summed E-state index contributed by atoms with van der Waals surface area (Å²) in [5, 5.41) is 7.37. The van der Waals surface area contributed by atoms with Gasteiger partial charge in [0, 0.05) is 36.7 Å². The molecular weight excluding hydrogens is 343 g/mol. The third kappa shape index (κ3) is 3.18. The van der Waals surface area contributed by atoms with Gasteiger partial charge in [-0.15, -0.1) is 0 Å². The first-order valence-electron chi connectivity index (χ1n) is 8.99. The molecule has 0 spiro atoms. The fourth-order valence-corrected chi connectivity index (χ4v) is 3.48. The fraction of sp³-hybridized carbons (Fsp3) is 0.238. The van der Waals surface area contributed by atoms with Crippen molar-refractivity contribution in [2.24, 2.45) is 0 Å². The van der Waals surface area contributed by atoms with Crippen molar-refractivity contribution in [3.05, 3.63) is 71.3 Å². The monoisotopic (exact) mass is 364 g/mol. The summed E-state index contributed by atoms with van der Waals surface area (Å²) in [6, 6.07) is 14.1. The number of hydrogen-bond donors (Lipinski definition) is 1. The molecule has 0 atom stereocenters. The molecule has 138 valence electrons. The molecule has 0 fully saturated rings. The highest BCUT2D eigenvalue weighted by atomic mass is 19.1. The van der Waals surface area contributed by atoms with Gasteiger partial charge in [0.25, 0.3) is 5.91 Å². The van der Waals surface area contributed by atoms with Crippen LogP contribution in [0.15, 0.2) is 48.5 Å². The summed E-state index contributed by atoms with van der Waals surface area (Å²) in [6.07, 6.45) is 2.52. The lowest BCUT2D eigenvalue weighted by Crippen LogP contribution is -2.15. The van der Waals surface area contributed by atoms with Gasteiger partial charge in [-0.05, 0) is 55.7 Å². The van der Waals surface area contributed by atoms with Crippen molar-refractivity contribution >= 4 is 17.3 Å². The molecule has 0 bridgehead atoms. The van der Waals surface area contributed by atoms with Gasteiger partial charge in [0.1, 0.15) is 11.5 Å². The van der Waals surface area contributed by atoms with E-state index < -0.39 is 0 Å². The van der Waals surface area contributed by atoms with E-state index in [1.165, 1.54) is 6.07 Å². The first kappa shape index (κ1) is 17.3. The van der Waals surface area contributed by atoms with E-state index in [9.17, 15) is 9.18 Å². The Bertz CT molecular complexity index is 992. The third-order valence-electron chi connectivity index (χ3n) is 4.87. The van der Waals surface area contributed by atoms with Crippen molar-refractivity contribution in [1.29, 1.82) is 0 Å². The Labute approximate surface area is 157 Å². The van der Waals surface area contributed by atoms with Gasteiger partial charge in [-0.1, -0.05) is 12.1 Å². The lowest BCUT2D eigenvalue weighted by molar-refractivity contribution is 0.102. The number of nitrogens with zero attached hydrogens (tertiary/aromatic N) is 3. The molecule has 0 radical (unpaired) electrons. The Kier molecular flexibility index (Phi) is 4.39. The van der Waals surface area contributed by atoms with Crippen molar-refractivity contribution in [2.45, 2.75) is 19.3 Å². The van der Waals surface area contributed by atoms with Gasteiger partial charge in [0.05, 0.1) is 0 Å². The summed E-state index contributed by atoms with van der Waals surface area (Å²) in [6.45, 7) is 0. The van der Waals surface area contributed by atoms with Crippen molar-refractivity contribution < 1.29 is 9.18 Å². The van der Waals surface area contributed by atoms with Gasteiger partial charge in [-0.2, -0.15) is 5.10 Å². The number of rotatable bonds is 4. The van der Waals surface area contributed by atoms with E-state index >= 15 is 0 Å². The topological polar surface area (TPSA) is 50.2 Å². The number of carbonyl (C=O) groups excluding carboxylic acids is 1. The lowest BCUT2D eigenvalue weighted by atomic mass is 10.2. The molecule has 0 aliphatic heterocycles. The Hall–Kier alpha value is -3.15. The summed E-state index contributed by atoms with van der Waals surface area (Å²) in [5.41, 5.74) is 4.36. The molecular formula is C21H21FN4O. The van der Waals surface area contributed by atoms with E-state index in [0.29, 0.717) is 17.1 Å². The van der Waals surface area contributed by atoms with Crippen LogP contribution in [0.5, 0.6) is 0 Å². The Morgan fingerprint density at radius 1 is 1.11 bits per heavy atom. The molecule has 4 rings (SSSR count). The molecule has 1 aliphatic rings. The predicted octanol–water partition coefficient (Wildman–Crippen LogP) is 3.82. The summed E-state index contributed by atoms with van der Waals surface area (Å²) < 4.78 is 15.8. The number of benzene rings is 2. The SMILES string of the molecule is CN(C)c1ccc(NC(=O)c2nn(-c3ccccc3F)c3c2CCC3)cc1. The van der Waals surface area contributed by atoms with Crippen molar-refractivity contribution in [3.8, 4) is 5.69 Å². The van der Waals surface area contributed by atoms with Crippen LogP contribution < -0.4 is 10.2 Å². The highest BCUT2D eigenvalue weighted by Crippen LogP contribution is 2.29. The number of anilines is 2. The Morgan fingerprint density at radius 3 is 2.56 bits per heavy atom. The minimum Gasteiger partial charge on any atom is -0.378 e.